The normalized spacial score (nSPS) is 10.9. The molecule has 2 aromatic rings. The average molecular weight is 286 g/mol. The van der Waals surface area contributed by atoms with E-state index in [0.29, 0.717) is 0 Å². The monoisotopic (exact) mass is 285 g/mol. The molecule has 2 rings (SSSR count). The molecule has 3 nitrogen and oxygen atoms in total. The van der Waals surface area contributed by atoms with Crippen molar-refractivity contribution in [2.45, 2.75) is 6.54 Å². The quantitative estimate of drug-likeness (QED) is 0.940. The molecule has 0 saturated carbocycles. The lowest BCUT2D eigenvalue weighted by Gasteiger charge is -2.03. The smallest absolute Gasteiger partial charge is 0.103 e. The van der Waals surface area contributed by atoms with E-state index in [9.17, 15) is 0 Å². The molecule has 15 heavy (non-hydrogen) atoms. The maximum atomic E-state index is 4.43. The van der Waals surface area contributed by atoms with Crippen LogP contribution in [0.2, 0.25) is 0 Å². The summed E-state index contributed by atoms with van der Waals surface area (Å²) in [6.07, 6.45) is 1.86. The summed E-state index contributed by atoms with van der Waals surface area (Å²) in [6, 6.07) is 2.10. The van der Waals surface area contributed by atoms with Crippen LogP contribution in [0.25, 0.3) is 10.6 Å². The summed E-state index contributed by atoms with van der Waals surface area (Å²) in [5.74, 6) is 0. The lowest BCUT2D eigenvalue weighted by Crippen LogP contribution is -2.09. The summed E-state index contributed by atoms with van der Waals surface area (Å²) in [4.78, 5) is 5.63. The zero-order valence-electron chi connectivity index (χ0n) is 8.62. The fraction of sp³-hybridized carbons (Fsp3) is 0.300. The molecule has 0 atom stereocenters. The number of aryl methyl sites for hydroxylation is 1. The molecule has 0 amide bonds. The van der Waals surface area contributed by atoms with Gasteiger partial charge in [0.2, 0.25) is 0 Å². The summed E-state index contributed by atoms with van der Waals surface area (Å²) in [5.41, 5.74) is 2.29. The third-order valence-electron chi connectivity index (χ3n) is 2.20. The molecule has 5 heteroatoms. The van der Waals surface area contributed by atoms with E-state index >= 15 is 0 Å². The minimum Gasteiger partial charge on any atom is -0.336 e. The number of hydrogen-bond acceptors (Lipinski definition) is 3. The van der Waals surface area contributed by atoms with Gasteiger partial charge >= 0.3 is 0 Å². The Balaban J connectivity index is 2.43. The van der Waals surface area contributed by atoms with E-state index in [1.807, 2.05) is 20.4 Å². The molecule has 0 saturated heterocycles. The van der Waals surface area contributed by atoms with Crippen molar-refractivity contribution in [3.05, 3.63) is 27.9 Å². The number of rotatable bonds is 3. The highest BCUT2D eigenvalue weighted by Gasteiger charge is 2.11. The Morgan fingerprint density at radius 1 is 1.60 bits per heavy atom. The molecule has 2 heterocycles. The second-order valence-corrected chi connectivity index (χ2v) is 5.14. The molecule has 0 unspecified atom stereocenters. The Morgan fingerprint density at radius 3 is 3.00 bits per heavy atom. The Bertz CT molecular complexity index is 461. The number of hydrogen-bond donors (Lipinski definition) is 1. The van der Waals surface area contributed by atoms with Crippen LogP contribution < -0.4 is 5.32 Å². The Hall–Kier alpha value is -0.650. The van der Waals surface area contributed by atoms with Crippen LogP contribution in [0.1, 0.15) is 5.69 Å². The number of aromatic nitrogens is 2. The predicted octanol–water partition coefficient (Wildman–Crippen LogP) is 2.63. The van der Waals surface area contributed by atoms with Gasteiger partial charge in [0.25, 0.3) is 0 Å². The van der Waals surface area contributed by atoms with E-state index in [4.69, 9.17) is 0 Å². The van der Waals surface area contributed by atoms with Gasteiger partial charge in [0.05, 0.1) is 16.9 Å². The first-order valence-electron chi connectivity index (χ1n) is 4.61. The topological polar surface area (TPSA) is 29.9 Å². The van der Waals surface area contributed by atoms with Gasteiger partial charge in [-0.25, -0.2) is 4.98 Å². The van der Waals surface area contributed by atoms with E-state index in [1.165, 1.54) is 10.6 Å². The molecule has 2 aromatic heterocycles. The molecule has 0 aromatic carbocycles. The maximum absolute atomic E-state index is 4.43. The van der Waals surface area contributed by atoms with Crippen LogP contribution in [0.5, 0.6) is 0 Å². The van der Waals surface area contributed by atoms with Crippen LogP contribution in [-0.4, -0.2) is 16.6 Å². The molecule has 0 spiro atoms. The number of nitrogens with one attached hydrogen (secondary N) is 1. The first-order chi connectivity index (χ1) is 7.22. The summed E-state index contributed by atoms with van der Waals surface area (Å²) >= 11 is 5.17. The van der Waals surface area contributed by atoms with Gasteiger partial charge in [0.1, 0.15) is 5.69 Å². The summed E-state index contributed by atoms with van der Waals surface area (Å²) < 4.78 is 3.17. The first-order valence-corrected chi connectivity index (χ1v) is 6.29. The molecule has 0 aliphatic heterocycles. The average Bonchev–Trinajstić information content (AvgIpc) is 2.76. The number of nitrogens with zero attached hydrogens (tertiary/aromatic N) is 2. The second-order valence-electron chi connectivity index (χ2n) is 3.31. The maximum Gasteiger partial charge on any atom is 0.103 e. The largest absolute Gasteiger partial charge is 0.336 e. The Kier molecular flexibility index (Phi) is 3.23. The van der Waals surface area contributed by atoms with Gasteiger partial charge in [-0.2, -0.15) is 0 Å². The molecule has 0 bridgehead atoms. The lowest BCUT2D eigenvalue weighted by molar-refractivity contribution is 0.736. The summed E-state index contributed by atoms with van der Waals surface area (Å²) in [7, 11) is 3.97. The SMILES string of the molecule is CNCc1c(-c2cc(Br)cs2)ncn1C. The minimum absolute atomic E-state index is 0.835. The van der Waals surface area contributed by atoms with Gasteiger partial charge < -0.3 is 9.88 Å². The van der Waals surface area contributed by atoms with Crippen LogP contribution in [-0.2, 0) is 13.6 Å². The molecule has 0 fully saturated rings. The van der Waals surface area contributed by atoms with Crippen molar-refractivity contribution < 1.29 is 0 Å². The highest BCUT2D eigenvalue weighted by Crippen LogP contribution is 2.30. The van der Waals surface area contributed by atoms with Gasteiger partial charge in [0.15, 0.2) is 0 Å². The highest BCUT2D eigenvalue weighted by molar-refractivity contribution is 9.10. The number of thiophene rings is 1. The Labute approximate surface area is 101 Å². The summed E-state index contributed by atoms with van der Waals surface area (Å²) in [6.45, 7) is 0.835. The molecule has 1 N–H and O–H groups in total. The standard InChI is InChI=1S/C10H12BrN3S/c1-12-4-8-10(13-6-14(8)2)9-3-7(11)5-15-9/h3,5-6,12H,4H2,1-2H3. The van der Waals surface area contributed by atoms with Crippen LogP contribution in [0, 0.1) is 0 Å². The van der Waals surface area contributed by atoms with Gasteiger partial charge in [-0.3, -0.25) is 0 Å². The fourth-order valence-electron chi connectivity index (χ4n) is 1.47. The van der Waals surface area contributed by atoms with Crippen LogP contribution in [0.15, 0.2) is 22.2 Å². The number of halogens is 1. The lowest BCUT2D eigenvalue weighted by atomic mass is 10.2. The Morgan fingerprint density at radius 2 is 2.40 bits per heavy atom. The minimum atomic E-state index is 0.835. The predicted molar refractivity (Wildman–Crippen MR) is 67.0 cm³/mol. The zero-order valence-corrected chi connectivity index (χ0v) is 11.0. The van der Waals surface area contributed by atoms with E-state index in [-0.39, 0.29) is 0 Å². The molecule has 0 aliphatic rings. The van der Waals surface area contributed by atoms with Crippen molar-refractivity contribution in [3.63, 3.8) is 0 Å². The van der Waals surface area contributed by atoms with Crippen LogP contribution in [0.4, 0.5) is 0 Å². The molecule has 0 radical (unpaired) electrons. The van der Waals surface area contributed by atoms with Crippen molar-refractivity contribution in [1.82, 2.24) is 14.9 Å². The third-order valence-corrected chi connectivity index (χ3v) is 3.90. The van der Waals surface area contributed by atoms with Crippen LogP contribution in [0.3, 0.4) is 0 Å². The molecular weight excluding hydrogens is 274 g/mol. The van der Waals surface area contributed by atoms with Crippen molar-refractivity contribution in [3.8, 4) is 10.6 Å². The number of imidazole rings is 1. The van der Waals surface area contributed by atoms with Gasteiger partial charge in [0, 0.05) is 23.4 Å². The second kappa shape index (κ2) is 4.47. The van der Waals surface area contributed by atoms with E-state index < -0.39 is 0 Å². The molecule has 0 aliphatic carbocycles. The molecular formula is C10H12BrN3S. The molecule has 80 valence electrons. The van der Waals surface area contributed by atoms with Crippen molar-refractivity contribution in [2.75, 3.05) is 7.05 Å². The zero-order chi connectivity index (χ0) is 10.8. The third kappa shape index (κ3) is 2.14. The van der Waals surface area contributed by atoms with E-state index in [2.05, 4.69) is 42.2 Å². The van der Waals surface area contributed by atoms with Crippen LogP contribution >= 0.6 is 27.3 Å². The van der Waals surface area contributed by atoms with Gasteiger partial charge in [-0.15, -0.1) is 11.3 Å². The van der Waals surface area contributed by atoms with Gasteiger partial charge in [-0.05, 0) is 29.0 Å². The summed E-state index contributed by atoms with van der Waals surface area (Å²) in [5, 5.41) is 5.24. The fourth-order valence-corrected chi connectivity index (χ4v) is 2.92. The van der Waals surface area contributed by atoms with E-state index in [1.54, 1.807) is 11.3 Å². The van der Waals surface area contributed by atoms with Crippen molar-refractivity contribution in [1.29, 1.82) is 0 Å². The van der Waals surface area contributed by atoms with Gasteiger partial charge in [-0.1, -0.05) is 0 Å². The van der Waals surface area contributed by atoms with E-state index in [0.717, 1.165) is 16.7 Å². The first kappa shape index (κ1) is 10.9. The van der Waals surface area contributed by atoms with Crippen molar-refractivity contribution in [2.24, 2.45) is 7.05 Å². The highest BCUT2D eigenvalue weighted by atomic mass is 79.9. The van der Waals surface area contributed by atoms with Crippen molar-refractivity contribution >= 4 is 27.3 Å².